The lowest BCUT2D eigenvalue weighted by atomic mass is 10.1. The first-order chi connectivity index (χ1) is 15.6. The van der Waals surface area contributed by atoms with Gasteiger partial charge in [-0.1, -0.05) is 75.4 Å². The molecule has 0 radical (unpaired) electrons. The number of carbonyl (C=O) groups excluding carboxylic acids is 2. The number of ether oxygens (including phenoxy) is 1. The van der Waals surface area contributed by atoms with Gasteiger partial charge in [0.05, 0.1) is 19.7 Å². The Bertz CT molecular complexity index is 765. The molecule has 0 unspecified atom stereocenters. The number of amides is 2. The Morgan fingerprint density at radius 2 is 1.62 bits per heavy atom. The summed E-state index contributed by atoms with van der Waals surface area (Å²) in [5, 5.41) is 2.02. The van der Waals surface area contributed by atoms with Crippen LogP contribution in [0.2, 0.25) is 0 Å². The summed E-state index contributed by atoms with van der Waals surface area (Å²) < 4.78 is 5.20. The van der Waals surface area contributed by atoms with Gasteiger partial charge in [-0.25, -0.2) is 0 Å². The summed E-state index contributed by atoms with van der Waals surface area (Å²) in [6.45, 7) is 4.24. The molecule has 1 aromatic heterocycles. The van der Waals surface area contributed by atoms with E-state index in [1.807, 2.05) is 52.7 Å². The van der Waals surface area contributed by atoms with Crippen LogP contribution in [0.4, 0.5) is 0 Å². The average Bonchev–Trinajstić information content (AvgIpc) is 3.32. The van der Waals surface area contributed by atoms with Crippen molar-refractivity contribution in [3.05, 3.63) is 58.3 Å². The molecule has 0 spiro atoms. The van der Waals surface area contributed by atoms with E-state index in [1.165, 1.54) is 25.7 Å². The average molecular weight is 459 g/mol. The summed E-state index contributed by atoms with van der Waals surface area (Å²) in [7, 11) is 1.62. The van der Waals surface area contributed by atoms with E-state index in [4.69, 9.17) is 4.74 Å². The van der Waals surface area contributed by atoms with Crippen molar-refractivity contribution in [2.45, 2.75) is 65.0 Å². The van der Waals surface area contributed by atoms with Gasteiger partial charge in [-0.15, -0.1) is 11.3 Å². The first-order valence-electron chi connectivity index (χ1n) is 11.7. The summed E-state index contributed by atoms with van der Waals surface area (Å²) in [6.07, 6.45) is 7.31. The van der Waals surface area contributed by atoms with Crippen molar-refractivity contribution >= 4 is 23.2 Å². The highest BCUT2D eigenvalue weighted by molar-refractivity contribution is 7.09. The lowest BCUT2D eigenvalue weighted by Crippen LogP contribution is -2.43. The smallest absolute Gasteiger partial charge is 0.242 e. The van der Waals surface area contributed by atoms with E-state index in [0.29, 0.717) is 32.7 Å². The quantitative estimate of drug-likeness (QED) is 0.312. The molecule has 2 rings (SSSR count). The molecule has 0 atom stereocenters. The van der Waals surface area contributed by atoms with E-state index in [-0.39, 0.29) is 18.4 Å². The van der Waals surface area contributed by atoms with Crippen molar-refractivity contribution < 1.29 is 14.3 Å². The van der Waals surface area contributed by atoms with Gasteiger partial charge in [-0.05, 0) is 23.4 Å². The lowest BCUT2D eigenvalue weighted by molar-refractivity contribution is -0.141. The molecule has 2 aromatic rings. The van der Waals surface area contributed by atoms with Gasteiger partial charge < -0.3 is 14.5 Å². The Morgan fingerprint density at radius 1 is 0.875 bits per heavy atom. The SMILES string of the molecule is CCCCCCCCC(=O)N(CCOC)CC(=O)N(Cc1ccccc1)Cc1cccs1. The molecule has 0 saturated carbocycles. The van der Waals surface area contributed by atoms with E-state index in [2.05, 4.69) is 6.92 Å². The van der Waals surface area contributed by atoms with Crippen molar-refractivity contribution in [1.82, 2.24) is 9.80 Å². The number of hydrogen-bond acceptors (Lipinski definition) is 4. The molecule has 0 fully saturated rings. The second-order valence-electron chi connectivity index (χ2n) is 8.14. The second kappa shape index (κ2) is 15.6. The zero-order valence-electron chi connectivity index (χ0n) is 19.6. The maximum absolute atomic E-state index is 13.3. The minimum Gasteiger partial charge on any atom is -0.383 e. The molecule has 32 heavy (non-hydrogen) atoms. The van der Waals surface area contributed by atoms with Crippen LogP contribution in [-0.2, 0) is 27.4 Å². The van der Waals surface area contributed by atoms with Crippen LogP contribution < -0.4 is 0 Å². The van der Waals surface area contributed by atoms with Crippen LogP contribution in [0.25, 0.3) is 0 Å². The van der Waals surface area contributed by atoms with Gasteiger partial charge in [-0.2, -0.15) is 0 Å². The summed E-state index contributed by atoms with van der Waals surface area (Å²) >= 11 is 1.64. The highest BCUT2D eigenvalue weighted by Gasteiger charge is 2.21. The van der Waals surface area contributed by atoms with Gasteiger partial charge in [0.25, 0.3) is 0 Å². The highest BCUT2D eigenvalue weighted by atomic mass is 32.1. The molecule has 0 aliphatic carbocycles. The van der Waals surface area contributed by atoms with Crippen LogP contribution in [0.5, 0.6) is 0 Å². The summed E-state index contributed by atoms with van der Waals surface area (Å²) in [5.74, 6) is 0.0105. The van der Waals surface area contributed by atoms with Gasteiger partial charge in [0, 0.05) is 31.5 Å². The second-order valence-corrected chi connectivity index (χ2v) is 9.17. The number of unbranched alkanes of at least 4 members (excludes halogenated alkanes) is 5. The van der Waals surface area contributed by atoms with Crippen molar-refractivity contribution in [2.24, 2.45) is 0 Å². The van der Waals surface area contributed by atoms with E-state index >= 15 is 0 Å². The molecule has 1 heterocycles. The molecular formula is C26H38N2O3S. The number of hydrogen-bond donors (Lipinski definition) is 0. The zero-order valence-corrected chi connectivity index (χ0v) is 20.4. The molecule has 5 nitrogen and oxygen atoms in total. The van der Waals surface area contributed by atoms with Crippen LogP contribution in [0.1, 0.15) is 62.3 Å². The van der Waals surface area contributed by atoms with Gasteiger partial charge >= 0.3 is 0 Å². The largest absolute Gasteiger partial charge is 0.383 e. The van der Waals surface area contributed by atoms with Crippen LogP contribution in [0, 0.1) is 0 Å². The molecule has 0 saturated heterocycles. The summed E-state index contributed by atoms with van der Waals surface area (Å²) in [4.78, 5) is 30.8. The summed E-state index contributed by atoms with van der Waals surface area (Å²) in [5.41, 5.74) is 1.08. The standard InChI is InChI=1S/C26H38N2O3S/c1-3-4-5-6-7-11-16-25(29)27(17-18-31-2)22-26(30)28(21-24-15-12-19-32-24)20-23-13-9-8-10-14-23/h8-10,12-15,19H,3-7,11,16-18,20-22H2,1-2H3. The third-order valence-corrected chi connectivity index (χ3v) is 6.35. The van der Waals surface area contributed by atoms with Gasteiger partial charge in [0.2, 0.25) is 11.8 Å². The molecule has 0 bridgehead atoms. The molecule has 0 N–H and O–H groups in total. The third kappa shape index (κ3) is 9.96. The maximum atomic E-state index is 13.3. The van der Waals surface area contributed by atoms with Crippen LogP contribution in [0.3, 0.4) is 0 Å². The first-order valence-corrected chi connectivity index (χ1v) is 12.6. The topological polar surface area (TPSA) is 49.9 Å². The number of methoxy groups -OCH3 is 1. The number of rotatable bonds is 16. The Morgan fingerprint density at radius 3 is 2.31 bits per heavy atom. The minimum atomic E-state index is -0.0327. The molecule has 6 heteroatoms. The van der Waals surface area contributed by atoms with E-state index in [1.54, 1.807) is 23.3 Å². The van der Waals surface area contributed by atoms with Gasteiger partial charge in [0.15, 0.2) is 0 Å². The number of nitrogens with zero attached hydrogens (tertiary/aromatic N) is 2. The predicted molar refractivity (Wildman–Crippen MR) is 131 cm³/mol. The van der Waals surface area contributed by atoms with E-state index in [9.17, 15) is 9.59 Å². The van der Waals surface area contributed by atoms with Crippen molar-refractivity contribution in [1.29, 1.82) is 0 Å². The third-order valence-electron chi connectivity index (χ3n) is 5.48. The Balaban J connectivity index is 1.98. The maximum Gasteiger partial charge on any atom is 0.242 e. The fraction of sp³-hybridized carbons (Fsp3) is 0.538. The number of thiophene rings is 1. The predicted octanol–water partition coefficient (Wildman–Crippen LogP) is 5.50. The lowest BCUT2D eigenvalue weighted by Gasteiger charge is -2.27. The highest BCUT2D eigenvalue weighted by Crippen LogP contribution is 2.16. The van der Waals surface area contributed by atoms with Crippen LogP contribution in [0.15, 0.2) is 47.8 Å². The van der Waals surface area contributed by atoms with Crippen molar-refractivity contribution in [3.63, 3.8) is 0 Å². The molecular weight excluding hydrogens is 420 g/mol. The van der Waals surface area contributed by atoms with E-state index in [0.717, 1.165) is 23.3 Å². The summed E-state index contributed by atoms with van der Waals surface area (Å²) in [6, 6.07) is 14.0. The minimum absolute atomic E-state index is 0.0327. The molecule has 0 aliphatic heterocycles. The zero-order chi connectivity index (χ0) is 23.0. The first kappa shape index (κ1) is 26.1. The van der Waals surface area contributed by atoms with Gasteiger partial charge in [-0.3, -0.25) is 9.59 Å². The molecule has 0 aliphatic rings. The molecule has 2 amide bonds. The number of carbonyl (C=O) groups is 2. The monoisotopic (exact) mass is 458 g/mol. The van der Waals surface area contributed by atoms with Gasteiger partial charge in [0.1, 0.15) is 0 Å². The normalized spacial score (nSPS) is 10.8. The fourth-order valence-corrected chi connectivity index (χ4v) is 4.32. The Kier molecular flexibility index (Phi) is 12.7. The molecule has 1 aromatic carbocycles. The Labute approximate surface area is 197 Å². The fourth-order valence-electron chi connectivity index (χ4n) is 3.60. The molecule has 176 valence electrons. The van der Waals surface area contributed by atoms with Crippen molar-refractivity contribution in [3.8, 4) is 0 Å². The number of benzene rings is 1. The Hall–Kier alpha value is -2.18. The van der Waals surface area contributed by atoms with E-state index < -0.39 is 0 Å². The van der Waals surface area contributed by atoms with Crippen LogP contribution in [-0.4, -0.2) is 48.4 Å². The van der Waals surface area contributed by atoms with Crippen molar-refractivity contribution in [2.75, 3.05) is 26.8 Å². The van der Waals surface area contributed by atoms with Crippen LogP contribution >= 0.6 is 11.3 Å².